The van der Waals surface area contributed by atoms with Crippen molar-refractivity contribution in [2.24, 2.45) is 0 Å². The number of carbonyl (C=O) groups excluding carboxylic acids is 3. The molecule has 0 bridgehead atoms. The van der Waals surface area contributed by atoms with E-state index >= 15 is 0 Å². The number of allylic oxidation sites excluding steroid dienone is 1. The maximum absolute atomic E-state index is 14.3. The van der Waals surface area contributed by atoms with Crippen molar-refractivity contribution in [1.82, 2.24) is 14.4 Å². The average Bonchev–Trinajstić information content (AvgIpc) is 0.758. The lowest BCUT2D eigenvalue weighted by Gasteiger charge is -2.30. The van der Waals surface area contributed by atoms with Gasteiger partial charge in [0.15, 0.2) is 22.8 Å². The van der Waals surface area contributed by atoms with E-state index in [0.717, 1.165) is 43.8 Å². The second-order valence-corrected chi connectivity index (χ2v) is 32.5. The minimum atomic E-state index is -1.59. The predicted molar refractivity (Wildman–Crippen MR) is 484 cm³/mol. The molecule has 0 saturated heterocycles. The van der Waals surface area contributed by atoms with E-state index in [9.17, 15) is 45.5 Å². The largest absolute Gasteiger partial charge is 0.495 e. The molecular weight excluding hydrogens is 1790 g/mol. The number of methoxy groups -OCH3 is 2. The highest BCUT2D eigenvalue weighted by molar-refractivity contribution is 9.11. The van der Waals surface area contributed by atoms with Crippen LogP contribution in [0.25, 0.3) is 16.6 Å². The summed E-state index contributed by atoms with van der Waals surface area (Å²) in [5.74, 6) is 0.256. The topological polar surface area (TPSA) is 165 Å². The fourth-order valence-electron chi connectivity index (χ4n) is 9.61. The zero-order valence-corrected chi connectivity index (χ0v) is 74.8. The summed E-state index contributed by atoms with van der Waals surface area (Å²) < 4.78 is 93.0. The van der Waals surface area contributed by atoms with Gasteiger partial charge in [0.25, 0.3) is 0 Å². The highest BCUT2D eigenvalue weighted by atomic mass is 79.9. The Balaban J connectivity index is 0.000000250. The first-order chi connectivity index (χ1) is 55.5. The number of Topliss-reactive ketones (excluding diaryl/α,β-unsaturated/α-hetero) is 2. The molecule has 117 heavy (non-hydrogen) atoms. The van der Waals surface area contributed by atoms with Gasteiger partial charge in [-0.1, -0.05) is 161 Å². The number of ketones is 3. The number of halogens is 10. The summed E-state index contributed by atoms with van der Waals surface area (Å²) in [5.41, 5.74) is 12.8. The van der Waals surface area contributed by atoms with Crippen LogP contribution >= 0.6 is 107 Å². The zero-order chi connectivity index (χ0) is 86.5. The lowest BCUT2D eigenvalue weighted by Crippen LogP contribution is -2.39. The number of aromatic nitrogens is 1. The van der Waals surface area contributed by atoms with E-state index in [-0.39, 0.29) is 56.3 Å². The normalized spacial score (nSPS) is 10.5. The number of nitrogens with two attached hydrogens (primary N) is 1. The van der Waals surface area contributed by atoms with Crippen LogP contribution in [0.3, 0.4) is 0 Å². The van der Waals surface area contributed by atoms with Gasteiger partial charge in [0.2, 0.25) is 0 Å². The SMILES string of the molecule is CC(=O)c1cc(Br)ccc1F.CC(=O)c1cc(SCc2ccccc2)ccc1F.CN(C)/C=C/C(=O)c1cc(SCc2ccccc2)ccc1F.COC(C)(C)N(C)C.COc1cc(Br)c(F)cc1-n1c(C)cc(=O)c2cc(SCc3ccccc3)ccc21.Nc1cc(F)c(Br)cc1Cl.OB(O)c1cccc(F)c1.SCc1ccccc1. The number of thioether (sulfide) groups is 3. The van der Waals surface area contributed by atoms with Crippen LogP contribution in [-0.4, -0.2) is 97.0 Å². The van der Waals surface area contributed by atoms with Crippen molar-refractivity contribution >= 4 is 154 Å². The van der Waals surface area contributed by atoms with Crippen molar-refractivity contribution in [1.29, 1.82) is 0 Å². The van der Waals surface area contributed by atoms with Crippen molar-refractivity contribution in [3.05, 3.63) is 369 Å². The molecule has 614 valence electrons. The molecule has 4 N–H and O–H groups in total. The van der Waals surface area contributed by atoms with Crippen LogP contribution in [0, 0.1) is 41.8 Å². The van der Waals surface area contributed by atoms with Crippen LogP contribution in [0.1, 0.15) is 86.7 Å². The van der Waals surface area contributed by atoms with Crippen molar-refractivity contribution in [3.8, 4) is 11.4 Å². The van der Waals surface area contributed by atoms with E-state index < -0.39 is 42.0 Å². The molecule has 0 aliphatic heterocycles. The van der Waals surface area contributed by atoms with E-state index in [4.69, 9.17) is 36.9 Å². The number of pyridine rings is 1. The van der Waals surface area contributed by atoms with Crippen LogP contribution in [0.5, 0.6) is 5.75 Å². The summed E-state index contributed by atoms with van der Waals surface area (Å²) in [5, 5.41) is 18.0. The van der Waals surface area contributed by atoms with Gasteiger partial charge in [-0.05, 0) is 211 Å². The Morgan fingerprint density at radius 1 is 0.556 bits per heavy atom. The molecule has 0 radical (unpaired) electrons. The molecule has 0 saturated carbocycles. The number of aryl methyl sites for hydroxylation is 1. The van der Waals surface area contributed by atoms with Gasteiger partial charge in [0.05, 0.1) is 54.7 Å². The molecule has 12 nitrogen and oxygen atoms in total. The van der Waals surface area contributed by atoms with Gasteiger partial charge in [-0.3, -0.25) is 24.1 Å². The molecule has 0 fully saturated rings. The third kappa shape index (κ3) is 34.3. The molecule has 0 aliphatic carbocycles. The number of thiol groups is 1. The van der Waals surface area contributed by atoms with E-state index in [1.165, 1.54) is 103 Å². The highest BCUT2D eigenvalue weighted by Crippen LogP contribution is 2.35. The zero-order valence-electron chi connectivity index (χ0n) is 65.9. The van der Waals surface area contributed by atoms with Crippen molar-refractivity contribution < 1.29 is 60.2 Å². The fraction of sp³-hybridized carbons (Fsp3) is 0.178. The smallest absolute Gasteiger partial charge is 0.488 e. The summed E-state index contributed by atoms with van der Waals surface area (Å²) >= 11 is 23.8. The Hall–Kier alpha value is -8.61. The van der Waals surface area contributed by atoms with Gasteiger partial charge < -0.3 is 34.7 Å². The maximum atomic E-state index is 14.3. The van der Waals surface area contributed by atoms with Gasteiger partial charge in [-0.2, -0.15) is 12.6 Å². The predicted octanol–water partition coefficient (Wildman–Crippen LogP) is 23.4. The second-order valence-electron chi connectivity index (χ2n) is 26.0. The molecule has 0 aliphatic rings. The molecule has 0 spiro atoms. The van der Waals surface area contributed by atoms with Gasteiger partial charge in [-0.25, -0.2) is 26.3 Å². The summed E-state index contributed by atoms with van der Waals surface area (Å²) in [7, 11) is 9.27. The Labute approximate surface area is 729 Å². The number of hydrogen-bond donors (Lipinski definition) is 4. The van der Waals surface area contributed by atoms with Crippen molar-refractivity contribution in [2.75, 3.05) is 48.1 Å². The molecule has 0 amide bonds. The number of fused-ring (bicyclic) bond motifs is 1. The number of benzene rings is 11. The number of carbonyl (C=O) groups is 3. The third-order valence-corrected chi connectivity index (χ3v) is 22.1. The number of nitrogen functional groups attached to an aromatic ring is 1. The van der Waals surface area contributed by atoms with E-state index in [1.807, 2.05) is 174 Å². The molecule has 27 heteroatoms. The quantitative estimate of drug-likeness (QED) is 0.00656. The Morgan fingerprint density at radius 2 is 1.00 bits per heavy atom. The molecule has 0 unspecified atom stereocenters. The number of ether oxygens (including phenoxy) is 2. The second kappa shape index (κ2) is 51.0. The van der Waals surface area contributed by atoms with Crippen molar-refractivity contribution in [2.45, 2.75) is 78.0 Å². The number of rotatable bonds is 20. The van der Waals surface area contributed by atoms with Gasteiger partial charge >= 0.3 is 7.12 Å². The van der Waals surface area contributed by atoms with E-state index in [2.05, 4.69) is 84.7 Å². The first-order valence-corrected chi connectivity index (χ1v) is 41.9. The summed E-state index contributed by atoms with van der Waals surface area (Å²) in [4.78, 5) is 53.3. The molecule has 0 atom stereocenters. The van der Waals surface area contributed by atoms with Gasteiger partial charge in [0.1, 0.15) is 46.4 Å². The molecule has 1 aromatic heterocycles. The molecule has 12 aromatic rings. The minimum absolute atomic E-state index is 0.0579. The summed E-state index contributed by atoms with van der Waals surface area (Å²) in [6.45, 7) is 8.59. The van der Waals surface area contributed by atoms with Crippen molar-refractivity contribution in [3.63, 3.8) is 0 Å². The lowest BCUT2D eigenvalue weighted by molar-refractivity contribution is -0.0838. The third-order valence-electron chi connectivity index (χ3n) is 16.5. The fourth-order valence-corrected chi connectivity index (χ4v) is 13.8. The number of anilines is 1. The standard InChI is InChI=1S/C24H19BrFNO2S.C18H18FNOS.C15H13FOS.C8H6BrFO.C7H8S.C6H6BFO2.C6H4BrClFN.C6H15NO/c1-15-10-23(28)18-11-17(30-14-16-6-4-3-5-7-16)8-9-21(18)27(15)22-13-20(26)19(25)12-24(22)29-2;1-20(2)11-10-18(21)16-12-15(8-9-17(16)19)22-13-14-6-4-3-5-7-14;1-11(17)14-9-13(7-8-15(14)16)18-10-12-5-3-2-4-6-12;1-5(11)7-4-6(9)2-3-8(7)10;8-6-7-4-2-1-3-5-7;8-6-3-1-2-5(4-6)7(9)10;7-3-1-4(8)6(10)2-5(3)9;1-6(2,8-5)7(3)4/h3-13H,14H2,1-2H3;3-12H,13H2,1-2H3;2-9H,10H2,1H3;2-4H,1H3;1-5,8H,6H2;1-4,9-10H;1-2H,10H2;1-5H3/b;11-10+;;;;;;. The molecular formula is C90H89BBr3ClF6N4O8S4. The Kier molecular flexibility index (Phi) is 43.1. The van der Waals surface area contributed by atoms with Gasteiger partial charge in [0, 0.05) is 98.9 Å². The van der Waals surface area contributed by atoms with E-state index in [0.29, 0.717) is 46.5 Å². The van der Waals surface area contributed by atoms with Crippen LogP contribution < -0.4 is 21.4 Å². The molecule has 12 rings (SSSR count). The van der Waals surface area contributed by atoms with Crippen LogP contribution in [0.4, 0.5) is 32.0 Å². The van der Waals surface area contributed by atoms with Crippen LogP contribution in [0.2, 0.25) is 5.02 Å². The first kappa shape index (κ1) is 99.0. The van der Waals surface area contributed by atoms with Crippen LogP contribution in [-0.2, 0) is 27.7 Å². The molecule has 11 aromatic carbocycles. The monoisotopic (exact) mass is 1880 g/mol. The first-order valence-electron chi connectivity index (χ1n) is 35.6. The maximum Gasteiger partial charge on any atom is 0.488 e. The summed E-state index contributed by atoms with van der Waals surface area (Å²) in [6, 6.07) is 72.2. The average molecular weight is 1880 g/mol. The highest BCUT2D eigenvalue weighted by Gasteiger charge is 2.20. The number of hydrogen-bond acceptors (Lipinski definition) is 15. The molecule has 1 heterocycles. The van der Waals surface area contributed by atoms with E-state index in [1.54, 1.807) is 103 Å². The number of nitrogens with zero attached hydrogens (tertiary/aromatic N) is 3. The summed E-state index contributed by atoms with van der Waals surface area (Å²) in [6.07, 6.45) is 3.00. The van der Waals surface area contributed by atoms with Crippen LogP contribution in [0.15, 0.2) is 294 Å². The lowest BCUT2D eigenvalue weighted by atomic mass is 9.80. The van der Waals surface area contributed by atoms with Gasteiger partial charge in [-0.15, -0.1) is 35.3 Å². The minimum Gasteiger partial charge on any atom is -0.495 e. The Morgan fingerprint density at radius 3 is 1.41 bits per heavy atom. The Bertz CT molecular complexity index is 5240.